The Morgan fingerprint density at radius 2 is 2.13 bits per heavy atom. The van der Waals surface area contributed by atoms with E-state index in [-0.39, 0.29) is 30.8 Å². The Labute approximate surface area is 185 Å². The smallest absolute Gasteiger partial charge is 0.317 e. The molecule has 0 bridgehead atoms. The van der Waals surface area contributed by atoms with Crippen LogP contribution in [-0.2, 0) is 9.53 Å². The summed E-state index contributed by atoms with van der Waals surface area (Å²) in [5.41, 5.74) is 1.14. The Morgan fingerprint density at radius 1 is 1.32 bits per heavy atom. The summed E-state index contributed by atoms with van der Waals surface area (Å²) in [4.78, 5) is 28.1. The van der Waals surface area contributed by atoms with E-state index in [4.69, 9.17) is 4.74 Å². The molecule has 166 valence electrons. The zero-order chi connectivity index (χ0) is 22.2. The number of methoxy groups -OCH3 is 1. The number of hydrazone groups is 1. The number of thiophene rings is 1. The van der Waals surface area contributed by atoms with Gasteiger partial charge in [-0.15, -0.1) is 11.3 Å². The highest BCUT2D eigenvalue weighted by atomic mass is 32.1. The number of ether oxygens (including phenoxy) is 1. The van der Waals surface area contributed by atoms with Crippen LogP contribution in [0.1, 0.15) is 36.2 Å². The van der Waals surface area contributed by atoms with Crippen LogP contribution in [0.2, 0.25) is 0 Å². The number of urea groups is 1. The van der Waals surface area contributed by atoms with Gasteiger partial charge in [0.15, 0.2) is 0 Å². The number of halogens is 1. The lowest BCUT2D eigenvalue weighted by Gasteiger charge is -2.27. The molecule has 0 unspecified atom stereocenters. The fraction of sp³-hybridized carbons (Fsp3) is 0.409. The molecule has 31 heavy (non-hydrogen) atoms. The fourth-order valence-corrected chi connectivity index (χ4v) is 4.07. The highest BCUT2D eigenvalue weighted by Crippen LogP contribution is 2.35. The lowest BCUT2D eigenvalue weighted by atomic mass is 10.0. The average Bonchev–Trinajstić information content (AvgIpc) is 3.45. The molecule has 1 N–H and O–H groups in total. The van der Waals surface area contributed by atoms with Crippen LogP contribution in [0.4, 0.5) is 9.18 Å². The Bertz CT molecular complexity index is 919. The molecule has 1 aromatic carbocycles. The van der Waals surface area contributed by atoms with E-state index >= 15 is 0 Å². The van der Waals surface area contributed by atoms with Crippen LogP contribution in [0.3, 0.4) is 0 Å². The first-order valence-electron chi connectivity index (χ1n) is 10.2. The predicted molar refractivity (Wildman–Crippen MR) is 119 cm³/mol. The minimum atomic E-state index is -0.561. The third-order valence-corrected chi connectivity index (χ3v) is 5.86. The quantitative estimate of drug-likeness (QED) is 0.639. The second-order valence-corrected chi connectivity index (χ2v) is 8.10. The summed E-state index contributed by atoms with van der Waals surface area (Å²) in [6.07, 6.45) is 1.20. The van der Waals surface area contributed by atoms with Gasteiger partial charge in [0, 0.05) is 32.2 Å². The van der Waals surface area contributed by atoms with Gasteiger partial charge in [-0.05, 0) is 23.9 Å². The molecule has 1 aromatic heterocycles. The molecule has 0 spiro atoms. The first-order valence-corrected chi connectivity index (χ1v) is 11.1. The zero-order valence-corrected chi connectivity index (χ0v) is 18.5. The standard InChI is InChI=1S/C22H27FN4O3S/c1-3-10-24-22(29)26(11-12-30-2)15-21(28)27-19(16-7-4-5-8-17(16)23)14-18(25-27)20-9-6-13-31-20/h4-9,13,19H,3,10-12,14-15H2,1-2H3,(H,24,29)/t19-/m0/s1. The number of nitrogens with zero attached hydrogens (tertiary/aromatic N) is 3. The van der Waals surface area contributed by atoms with Crippen molar-refractivity contribution in [2.24, 2.45) is 5.10 Å². The summed E-state index contributed by atoms with van der Waals surface area (Å²) >= 11 is 1.52. The number of carbonyl (C=O) groups is 2. The fourth-order valence-electron chi connectivity index (χ4n) is 3.35. The lowest BCUT2D eigenvalue weighted by molar-refractivity contribution is -0.133. The van der Waals surface area contributed by atoms with Crippen LogP contribution in [0.15, 0.2) is 46.9 Å². The maximum atomic E-state index is 14.6. The normalized spacial score (nSPS) is 15.6. The van der Waals surface area contributed by atoms with Gasteiger partial charge in [0.05, 0.1) is 23.2 Å². The second-order valence-electron chi connectivity index (χ2n) is 7.15. The molecule has 9 heteroatoms. The summed E-state index contributed by atoms with van der Waals surface area (Å²) in [7, 11) is 1.54. The van der Waals surface area contributed by atoms with E-state index < -0.39 is 6.04 Å². The van der Waals surface area contributed by atoms with Gasteiger partial charge in [0.2, 0.25) is 0 Å². The topological polar surface area (TPSA) is 74.2 Å². The van der Waals surface area contributed by atoms with E-state index in [1.165, 1.54) is 34.4 Å². The van der Waals surface area contributed by atoms with E-state index in [9.17, 15) is 14.0 Å². The Morgan fingerprint density at radius 3 is 2.81 bits per heavy atom. The number of amides is 3. The molecular weight excluding hydrogens is 419 g/mol. The maximum absolute atomic E-state index is 14.6. The lowest BCUT2D eigenvalue weighted by Crippen LogP contribution is -2.47. The molecule has 0 saturated heterocycles. The van der Waals surface area contributed by atoms with Gasteiger partial charge in [-0.2, -0.15) is 5.10 Å². The van der Waals surface area contributed by atoms with E-state index in [1.54, 1.807) is 18.2 Å². The first-order chi connectivity index (χ1) is 15.0. The van der Waals surface area contributed by atoms with Crippen molar-refractivity contribution in [1.82, 2.24) is 15.2 Å². The van der Waals surface area contributed by atoms with Gasteiger partial charge in [0.1, 0.15) is 12.4 Å². The van der Waals surface area contributed by atoms with E-state index in [0.717, 1.165) is 17.0 Å². The maximum Gasteiger partial charge on any atom is 0.317 e. The Hall–Kier alpha value is -2.78. The van der Waals surface area contributed by atoms with Gasteiger partial charge in [-0.25, -0.2) is 14.2 Å². The Kier molecular flexibility index (Phi) is 8.13. The van der Waals surface area contributed by atoms with Crippen molar-refractivity contribution in [3.63, 3.8) is 0 Å². The molecule has 0 aliphatic carbocycles. The number of hydrogen-bond acceptors (Lipinski definition) is 5. The summed E-state index contributed by atoms with van der Waals surface area (Å²) in [5, 5.41) is 10.6. The summed E-state index contributed by atoms with van der Waals surface area (Å²) < 4.78 is 19.7. The van der Waals surface area contributed by atoms with Crippen LogP contribution < -0.4 is 5.32 Å². The zero-order valence-electron chi connectivity index (χ0n) is 17.7. The molecule has 1 aliphatic rings. The molecule has 0 radical (unpaired) electrons. The monoisotopic (exact) mass is 446 g/mol. The minimum absolute atomic E-state index is 0.176. The van der Waals surface area contributed by atoms with Crippen molar-refractivity contribution in [3.8, 4) is 0 Å². The third kappa shape index (κ3) is 5.68. The van der Waals surface area contributed by atoms with Crippen molar-refractivity contribution in [2.45, 2.75) is 25.8 Å². The van der Waals surface area contributed by atoms with Crippen LogP contribution in [0, 0.1) is 5.82 Å². The van der Waals surface area contributed by atoms with Crippen LogP contribution >= 0.6 is 11.3 Å². The van der Waals surface area contributed by atoms with Gasteiger partial charge in [-0.1, -0.05) is 31.2 Å². The van der Waals surface area contributed by atoms with Crippen LogP contribution in [0.5, 0.6) is 0 Å². The van der Waals surface area contributed by atoms with E-state index in [1.807, 2.05) is 24.4 Å². The van der Waals surface area contributed by atoms with Gasteiger partial charge >= 0.3 is 6.03 Å². The number of benzene rings is 1. The molecule has 3 amide bonds. The predicted octanol–water partition coefficient (Wildman–Crippen LogP) is 3.63. The van der Waals surface area contributed by atoms with E-state index in [2.05, 4.69) is 10.4 Å². The Balaban J connectivity index is 1.84. The summed E-state index contributed by atoms with van der Waals surface area (Å²) in [6.45, 7) is 2.85. The second kappa shape index (κ2) is 11.0. The SMILES string of the molecule is CCCNC(=O)N(CCOC)CC(=O)N1N=C(c2cccs2)C[C@H]1c1ccccc1F. The third-order valence-electron chi connectivity index (χ3n) is 4.94. The van der Waals surface area contributed by atoms with Crippen molar-refractivity contribution < 1.29 is 18.7 Å². The highest BCUT2D eigenvalue weighted by Gasteiger charge is 2.35. The minimum Gasteiger partial charge on any atom is -0.383 e. The number of nitrogens with one attached hydrogen (secondary N) is 1. The van der Waals surface area contributed by atoms with Gasteiger partial charge < -0.3 is 15.0 Å². The van der Waals surface area contributed by atoms with Gasteiger partial charge in [0.25, 0.3) is 5.91 Å². The van der Waals surface area contributed by atoms with Crippen LogP contribution in [0.25, 0.3) is 0 Å². The molecule has 0 saturated carbocycles. The number of hydrogen-bond donors (Lipinski definition) is 1. The molecule has 2 heterocycles. The molecular formula is C22H27FN4O3S. The molecule has 1 atom stereocenters. The summed E-state index contributed by atoms with van der Waals surface area (Å²) in [6, 6.07) is 9.35. The van der Waals surface area contributed by atoms with Crippen molar-refractivity contribution in [2.75, 3.05) is 33.4 Å². The van der Waals surface area contributed by atoms with Crippen molar-refractivity contribution in [1.29, 1.82) is 0 Å². The molecule has 7 nitrogen and oxygen atoms in total. The molecule has 3 rings (SSSR count). The highest BCUT2D eigenvalue weighted by molar-refractivity contribution is 7.12. The molecule has 2 aromatic rings. The first kappa shape index (κ1) is 22.9. The number of rotatable bonds is 9. The largest absolute Gasteiger partial charge is 0.383 e. The molecule has 0 fully saturated rings. The van der Waals surface area contributed by atoms with E-state index in [0.29, 0.717) is 25.1 Å². The van der Waals surface area contributed by atoms with Crippen LogP contribution in [-0.4, -0.2) is 60.9 Å². The van der Waals surface area contributed by atoms with Crippen molar-refractivity contribution >= 4 is 29.0 Å². The molecule has 1 aliphatic heterocycles. The van der Waals surface area contributed by atoms with Gasteiger partial charge in [-0.3, -0.25) is 4.79 Å². The average molecular weight is 447 g/mol. The number of carbonyl (C=O) groups excluding carboxylic acids is 2. The van der Waals surface area contributed by atoms with Crippen molar-refractivity contribution in [3.05, 3.63) is 58.0 Å². The summed E-state index contributed by atoms with van der Waals surface area (Å²) in [5.74, 6) is -0.757.